The molecule has 1 N–H and O–H groups in total. The van der Waals surface area contributed by atoms with E-state index in [9.17, 15) is 9.59 Å². The van der Waals surface area contributed by atoms with E-state index in [0.29, 0.717) is 16.3 Å². The van der Waals surface area contributed by atoms with Crippen LogP contribution in [-0.2, 0) is 4.74 Å². The first kappa shape index (κ1) is 16.3. The Labute approximate surface area is 133 Å². The van der Waals surface area contributed by atoms with Gasteiger partial charge in [-0.1, -0.05) is 42.1 Å². The van der Waals surface area contributed by atoms with Gasteiger partial charge in [-0.15, -0.1) is 0 Å². The highest BCUT2D eigenvalue weighted by molar-refractivity contribution is 7.99. The molecule has 0 bridgehead atoms. The average molecular weight is 318 g/mol. The molecule has 0 radical (unpaired) electrons. The lowest BCUT2D eigenvalue weighted by Gasteiger charge is -2.14. The maximum Gasteiger partial charge on any atom is 0.346 e. The van der Waals surface area contributed by atoms with Gasteiger partial charge in [0, 0.05) is 10.9 Å². The first-order valence-corrected chi connectivity index (χ1v) is 7.90. The van der Waals surface area contributed by atoms with E-state index < -0.39 is 11.7 Å². The number of nitrogens with zero attached hydrogens (tertiary/aromatic N) is 1. The number of carbonyl (C=O) groups is 1. The van der Waals surface area contributed by atoms with Crippen molar-refractivity contribution in [2.75, 3.05) is 6.61 Å². The van der Waals surface area contributed by atoms with Crippen LogP contribution in [0.1, 0.15) is 40.7 Å². The van der Waals surface area contributed by atoms with Gasteiger partial charge >= 0.3 is 11.7 Å². The van der Waals surface area contributed by atoms with Crippen molar-refractivity contribution >= 4 is 17.7 Å². The molecule has 1 aromatic carbocycles. The van der Waals surface area contributed by atoms with E-state index in [1.165, 1.54) is 11.8 Å². The lowest BCUT2D eigenvalue weighted by Crippen LogP contribution is -2.19. The lowest BCUT2D eigenvalue weighted by molar-refractivity contribution is 0.0519. The van der Waals surface area contributed by atoms with Gasteiger partial charge in [0.1, 0.15) is 10.6 Å². The highest BCUT2D eigenvalue weighted by Crippen LogP contribution is 2.35. The number of nitrogens with one attached hydrogen (secondary N) is 1. The topological polar surface area (TPSA) is 72.0 Å². The Hall–Kier alpha value is -2.08. The van der Waals surface area contributed by atoms with Crippen LogP contribution in [-0.4, -0.2) is 22.5 Å². The minimum Gasteiger partial charge on any atom is -0.462 e. The van der Waals surface area contributed by atoms with E-state index in [1.54, 1.807) is 13.8 Å². The van der Waals surface area contributed by atoms with Crippen LogP contribution in [0.4, 0.5) is 0 Å². The van der Waals surface area contributed by atoms with Crippen LogP contribution in [0.15, 0.2) is 40.2 Å². The number of benzene rings is 1. The van der Waals surface area contributed by atoms with Gasteiger partial charge in [0.25, 0.3) is 0 Å². The Kier molecular flexibility index (Phi) is 5.38. The average Bonchev–Trinajstić information content (AvgIpc) is 2.47. The first-order valence-electron chi connectivity index (χ1n) is 7.02. The molecule has 0 spiro atoms. The molecule has 2 aromatic rings. The molecule has 1 heterocycles. The molecule has 6 heteroatoms. The van der Waals surface area contributed by atoms with Gasteiger partial charge in [-0.25, -0.2) is 9.59 Å². The number of carbonyl (C=O) groups excluding carboxylic acids is 1. The summed E-state index contributed by atoms with van der Waals surface area (Å²) in [6, 6.07) is 9.86. The number of aryl methyl sites for hydroxylation is 1. The van der Waals surface area contributed by atoms with Gasteiger partial charge in [-0.2, -0.15) is 4.98 Å². The number of ether oxygens (including phenoxy) is 1. The molecule has 0 aliphatic carbocycles. The summed E-state index contributed by atoms with van der Waals surface area (Å²) < 4.78 is 5.06. The molecule has 2 rings (SSSR count). The number of H-pyrrole nitrogens is 1. The zero-order valence-electron chi connectivity index (χ0n) is 12.8. The maximum absolute atomic E-state index is 12.1. The molecule has 1 atom stereocenters. The molecule has 0 saturated carbocycles. The van der Waals surface area contributed by atoms with Crippen molar-refractivity contribution < 1.29 is 9.53 Å². The Morgan fingerprint density at radius 3 is 2.68 bits per heavy atom. The molecule has 0 aliphatic rings. The van der Waals surface area contributed by atoms with Gasteiger partial charge in [0.15, 0.2) is 0 Å². The second-order valence-electron chi connectivity index (χ2n) is 4.74. The van der Waals surface area contributed by atoms with Crippen LogP contribution in [0.5, 0.6) is 0 Å². The highest BCUT2D eigenvalue weighted by atomic mass is 32.2. The van der Waals surface area contributed by atoms with Crippen molar-refractivity contribution in [3.63, 3.8) is 0 Å². The van der Waals surface area contributed by atoms with Crippen molar-refractivity contribution in [3.8, 4) is 0 Å². The highest BCUT2D eigenvalue weighted by Gasteiger charge is 2.21. The van der Waals surface area contributed by atoms with Crippen molar-refractivity contribution in [3.05, 3.63) is 57.6 Å². The number of esters is 1. The van der Waals surface area contributed by atoms with E-state index in [2.05, 4.69) is 9.97 Å². The second kappa shape index (κ2) is 7.26. The molecule has 0 fully saturated rings. The molecule has 0 amide bonds. The van der Waals surface area contributed by atoms with Crippen LogP contribution in [0.2, 0.25) is 0 Å². The summed E-state index contributed by atoms with van der Waals surface area (Å²) in [7, 11) is 0. The molecule has 0 saturated heterocycles. The largest absolute Gasteiger partial charge is 0.462 e. The summed E-state index contributed by atoms with van der Waals surface area (Å²) >= 11 is 1.37. The fourth-order valence-corrected chi connectivity index (χ4v) is 3.17. The van der Waals surface area contributed by atoms with Crippen LogP contribution in [0, 0.1) is 6.92 Å². The number of aromatic amines is 1. The van der Waals surface area contributed by atoms with Crippen LogP contribution < -0.4 is 5.69 Å². The molecule has 116 valence electrons. The first-order chi connectivity index (χ1) is 10.5. The Morgan fingerprint density at radius 1 is 1.36 bits per heavy atom. The lowest BCUT2D eigenvalue weighted by atomic mass is 10.2. The smallest absolute Gasteiger partial charge is 0.346 e. The summed E-state index contributed by atoms with van der Waals surface area (Å²) in [4.78, 5) is 30.3. The summed E-state index contributed by atoms with van der Waals surface area (Å²) in [6.45, 7) is 5.70. The standard InChI is InChI=1S/C16H18N2O3S/c1-4-21-15(19)13-10(2)17-16(20)18-14(13)22-11(3)12-8-6-5-7-9-12/h5-9,11H,4H2,1-3H3,(H,17,18,20). The second-order valence-corrected chi connectivity index (χ2v) is 6.07. The van der Waals surface area contributed by atoms with Crippen molar-refractivity contribution in [1.82, 2.24) is 9.97 Å². The zero-order valence-corrected chi connectivity index (χ0v) is 13.6. The minimum atomic E-state index is -0.466. The van der Waals surface area contributed by atoms with Gasteiger partial charge in [0.2, 0.25) is 0 Å². The summed E-state index contributed by atoms with van der Waals surface area (Å²) in [5.41, 5.74) is 1.44. The third-order valence-corrected chi connectivity index (χ3v) is 4.27. The predicted octanol–water partition coefficient (Wildman–Crippen LogP) is 3.11. The Morgan fingerprint density at radius 2 is 2.05 bits per heavy atom. The van der Waals surface area contributed by atoms with Crippen LogP contribution in [0.25, 0.3) is 0 Å². The SMILES string of the molecule is CCOC(=O)c1c(SC(C)c2ccccc2)nc(=O)[nH]c1C. The van der Waals surface area contributed by atoms with Crippen molar-refractivity contribution in [2.24, 2.45) is 0 Å². The van der Waals surface area contributed by atoms with Gasteiger partial charge in [-0.05, 0) is 26.3 Å². The normalized spacial score (nSPS) is 12.0. The van der Waals surface area contributed by atoms with Gasteiger partial charge < -0.3 is 9.72 Å². The van der Waals surface area contributed by atoms with E-state index in [0.717, 1.165) is 5.56 Å². The number of rotatable bonds is 5. The molecule has 1 aromatic heterocycles. The van der Waals surface area contributed by atoms with Crippen LogP contribution in [0.3, 0.4) is 0 Å². The van der Waals surface area contributed by atoms with E-state index in [1.807, 2.05) is 37.3 Å². The Balaban J connectivity index is 2.37. The molecule has 1 unspecified atom stereocenters. The number of aromatic nitrogens is 2. The molecule has 22 heavy (non-hydrogen) atoms. The molecule has 5 nitrogen and oxygen atoms in total. The third-order valence-electron chi connectivity index (χ3n) is 3.12. The Bertz CT molecular complexity index is 713. The number of thioether (sulfide) groups is 1. The van der Waals surface area contributed by atoms with Crippen molar-refractivity contribution in [1.29, 1.82) is 0 Å². The van der Waals surface area contributed by atoms with E-state index in [-0.39, 0.29) is 11.9 Å². The van der Waals surface area contributed by atoms with Crippen LogP contribution >= 0.6 is 11.8 Å². The van der Waals surface area contributed by atoms with E-state index in [4.69, 9.17) is 4.74 Å². The minimum absolute atomic E-state index is 0.0584. The number of hydrogen-bond donors (Lipinski definition) is 1. The number of hydrogen-bond acceptors (Lipinski definition) is 5. The molecular weight excluding hydrogens is 300 g/mol. The summed E-state index contributed by atoms with van der Waals surface area (Å²) in [6.07, 6.45) is 0. The molecular formula is C16H18N2O3S. The monoisotopic (exact) mass is 318 g/mol. The summed E-state index contributed by atoms with van der Waals surface area (Å²) in [5, 5.41) is 0.458. The van der Waals surface area contributed by atoms with E-state index >= 15 is 0 Å². The van der Waals surface area contributed by atoms with Crippen molar-refractivity contribution in [2.45, 2.75) is 31.0 Å². The summed E-state index contributed by atoms with van der Waals surface area (Å²) in [5.74, 6) is -0.466. The third kappa shape index (κ3) is 3.76. The quantitative estimate of drug-likeness (QED) is 0.521. The van der Waals surface area contributed by atoms with Gasteiger partial charge in [-0.3, -0.25) is 0 Å². The fraction of sp³-hybridized carbons (Fsp3) is 0.312. The van der Waals surface area contributed by atoms with Gasteiger partial charge in [0.05, 0.1) is 6.61 Å². The zero-order chi connectivity index (χ0) is 16.1. The molecule has 0 aliphatic heterocycles. The maximum atomic E-state index is 12.1. The fourth-order valence-electron chi connectivity index (χ4n) is 2.05. The predicted molar refractivity (Wildman–Crippen MR) is 86.3 cm³/mol.